The molecule has 0 bridgehead atoms. The molecular formula is C20H28N6O3S. The third-order valence-corrected chi connectivity index (χ3v) is 6.58. The molecule has 0 atom stereocenters. The number of piperazine rings is 1. The highest BCUT2D eigenvalue weighted by atomic mass is 32.2. The van der Waals surface area contributed by atoms with Gasteiger partial charge in [-0.25, -0.2) is 0 Å². The van der Waals surface area contributed by atoms with E-state index in [0.717, 1.165) is 42.8 Å². The summed E-state index contributed by atoms with van der Waals surface area (Å²) >= 11 is 1.41. The summed E-state index contributed by atoms with van der Waals surface area (Å²) in [7, 11) is 0. The zero-order valence-electron chi connectivity index (χ0n) is 17.3. The van der Waals surface area contributed by atoms with Gasteiger partial charge in [0.1, 0.15) is 5.76 Å². The molecule has 0 saturated carbocycles. The van der Waals surface area contributed by atoms with Crippen molar-refractivity contribution in [2.75, 3.05) is 49.9 Å². The summed E-state index contributed by atoms with van der Waals surface area (Å²) < 4.78 is 7.59. The third kappa shape index (κ3) is 4.80. The van der Waals surface area contributed by atoms with Gasteiger partial charge in [-0.3, -0.25) is 14.2 Å². The Bertz CT molecular complexity index is 854. The SMILES string of the molecule is CC(=O)N1CCN(C(=O)CSc2nnc(N3CCCCC3)n2Cc2ccco2)CC1. The van der Waals surface area contributed by atoms with Crippen molar-refractivity contribution in [3.63, 3.8) is 0 Å². The molecule has 2 aromatic heterocycles. The van der Waals surface area contributed by atoms with Crippen LogP contribution < -0.4 is 4.90 Å². The van der Waals surface area contributed by atoms with Crippen molar-refractivity contribution in [3.8, 4) is 0 Å². The van der Waals surface area contributed by atoms with Crippen molar-refractivity contribution in [1.29, 1.82) is 0 Å². The normalized spacial score (nSPS) is 17.4. The van der Waals surface area contributed by atoms with Crippen LogP contribution in [0.1, 0.15) is 31.9 Å². The number of thioether (sulfide) groups is 1. The minimum absolute atomic E-state index is 0.0627. The lowest BCUT2D eigenvalue weighted by atomic mass is 10.1. The molecule has 2 fully saturated rings. The van der Waals surface area contributed by atoms with E-state index < -0.39 is 0 Å². The summed E-state index contributed by atoms with van der Waals surface area (Å²) in [6, 6.07) is 3.81. The second kappa shape index (κ2) is 9.55. The van der Waals surface area contributed by atoms with E-state index in [9.17, 15) is 9.59 Å². The van der Waals surface area contributed by atoms with Gasteiger partial charge in [0.15, 0.2) is 5.16 Å². The molecule has 0 aliphatic carbocycles. The molecule has 2 amide bonds. The average Bonchev–Trinajstić information content (AvgIpc) is 3.43. The summed E-state index contributed by atoms with van der Waals surface area (Å²) in [6.07, 6.45) is 5.22. The van der Waals surface area contributed by atoms with Crippen LogP contribution in [0.15, 0.2) is 28.0 Å². The second-order valence-corrected chi connectivity index (χ2v) is 8.61. The van der Waals surface area contributed by atoms with Crippen molar-refractivity contribution < 1.29 is 14.0 Å². The van der Waals surface area contributed by atoms with E-state index in [2.05, 4.69) is 19.7 Å². The predicted octanol–water partition coefficient (Wildman–Crippen LogP) is 1.69. The monoisotopic (exact) mass is 432 g/mol. The quantitative estimate of drug-likeness (QED) is 0.642. The largest absolute Gasteiger partial charge is 0.467 e. The first-order valence-electron chi connectivity index (χ1n) is 10.5. The highest BCUT2D eigenvalue weighted by molar-refractivity contribution is 7.99. The Morgan fingerprint density at radius 3 is 2.43 bits per heavy atom. The number of aromatic nitrogens is 3. The fourth-order valence-corrected chi connectivity index (χ4v) is 4.74. The van der Waals surface area contributed by atoms with E-state index in [-0.39, 0.29) is 11.8 Å². The number of hydrogen-bond donors (Lipinski definition) is 0. The van der Waals surface area contributed by atoms with Crippen molar-refractivity contribution in [3.05, 3.63) is 24.2 Å². The van der Waals surface area contributed by atoms with Crippen LogP contribution in [0.5, 0.6) is 0 Å². The maximum atomic E-state index is 12.7. The van der Waals surface area contributed by atoms with Crippen molar-refractivity contribution >= 4 is 29.5 Å². The van der Waals surface area contributed by atoms with E-state index in [1.807, 2.05) is 17.0 Å². The van der Waals surface area contributed by atoms with Crippen LogP contribution in [0.2, 0.25) is 0 Å². The molecule has 4 heterocycles. The Balaban J connectivity index is 1.42. The van der Waals surface area contributed by atoms with Crippen LogP contribution >= 0.6 is 11.8 Å². The van der Waals surface area contributed by atoms with Crippen molar-refractivity contribution in [1.82, 2.24) is 24.6 Å². The van der Waals surface area contributed by atoms with Gasteiger partial charge in [0.25, 0.3) is 0 Å². The maximum Gasteiger partial charge on any atom is 0.233 e. The molecule has 2 saturated heterocycles. The van der Waals surface area contributed by atoms with Crippen LogP contribution in [0.25, 0.3) is 0 Å². The molecule has 30 heavy (non-hydrogen) atoms. The Hall–Kier alpha value is -2.49. The third-order valence-electron chi connectivity index (χ3n) is 5.63. The first-order chi connectivity index (χ1) is 14.6. The van der Waals surface area contributed by atoms with Gasteiger partial charge in [0.2, 0.25) is 17.8 Å². The Morgan fingerprint density at radius 2 is 1.77 bits per heavy atom. The lowest BCUT2D eigenvalue weighted by Gasteiger charge is -2.34. The van der Waals surface area contributed by atoms with Gasteiger partial charge in [0, 0.05) is 46.2 Å². The number of carbonyl (C=O) groups excluding carboxylic acids is 2. The average molecular weight is 433 g/mol. The summed E-state index contributed by atoms with van der Waals surface area (Å²) in [5.74, 6) is 2.11. The van der Waals surface area contributed by atoms with Crippen LogP contribution in [-0.2, 0) is 16.1 Å². The lowest BCUT2D eigenvalue weighted by Crippen LogP contribution is -2.50. The van der Waals surface area contributed by atoms with Gasteiger partial charge in [-0.1, -0.05) is 11.8 Å². The summed E-state index contributed by atoms with van der Waals surface area (Å²) in [6.45, 7) is 6.41. The van der Waals surface area contributed by atoms with Gasteiger partial charge in [-0.05, 0) is 31.4 Å². The Labute approximate surface area is 180 Å². The van der Waals surface area contributed by atoms with Gasteiger partial charge in [-0.15, -0.1) is 10.2 Å². The van der Waals surface area contributed by atoms with E-state index in [4.69, 9.17) is 4.42 Å². The zero-order chi connectivity index (χ0) is 20.9. The molecule has 162 valence electrons. The lowest BCUT2D eigenvalue weighted by molar-refractivity contribution is -0.136. The first kappa shape index (κ1) is 20.8. The van der Waals surface area contributed by atoms with Gasteiger partial charge in [-0.2, -0.15) is 0 Å². The minimum atomic E-state index is 0.0627. The number of hydrogen-bond acceptors (Lipinski definition) is 7. The molecule has 0 spiro atoms. The summed E-state index contributed by atoms with van der Waals surface area (Å²) in [5.41, 5.74) is 0. The molecule has 10 heteroatoms. The summed E-state index contributed by atoms with van der Waals surface area (Å²) in [4.78, 5) is 30.0. The Morgan fingerprint density at radius 1 is 1.03 bits per heavy atom. The van der Waals surface area contributed by atoms with Crippen LogP contribution in [0, 0.1) is 0 Å². The highest BCUT2D eigenvalue weighted by Crippen LogP contribution is 2.26. The molecule has 4 rings (SSSR count). The number of carbonyl (C=O) groups is 2. The van der Waals surface area contributed by atoms with Gasteiger partial charge < -0.3 is 19.1 Å². The first-order valence-corrected chi connectivity index (χ1v) is 11.5. The predicted molar refractivity (Wildman–Crippen MR) is 113 cm³/mol. The molecule has 0 aromatic carbocycles. The topological polar surface area (TPSA) is 87.7 Å². The standard InChI is InChI=1S/C20H28N6O3S/c1-16(27)23-9-11-24(12-10-23)18(28)15-30-20-22-21-19(25-7-3-2-4-8-25)26(20)14-17-6-5-13-29-17/h5-6,13H,2-4,7-12,14-15H2,1H3. The molecule has 0 radical (unpaired) electrons. The number of nitrogens with zero attached hydrogens (tertiary/aromatic N) is 6. The van der Waals surface area contributed by atoms with E-state index in [1.165, 1.54) is 18.2 Å². The Kier molecular flexibility index (Phi) is 6.61. The number of furan rings is 1. The van der Waals surface area contributed by atoms with Crippen LogP contribution in [-0.4, -0.2) is 81.4 Å². The molecule has 2 aromatic rings. The fourth-order valence-electron chi connectivity index (χ4n) is 3.90. The van der Waals surface area contributed by atoms with Gasteiger partial charge in [0.05, 0.1) is 18.6 Å². The second-order valence-electron chi connectivity index (χ2n) is 7.67. The minimum Gasteiger partial charge on any atom is -0.467 e. The number of anilines is 1. The molecular weight excluding hydrogens is 404 g/mol. The molecule has 2 aliphatic rings. The van der Waals surface area contributed by atoms with E-state index in [0.29, 0.717) is 38.5 Å². The highest BCUT2D eigenvalue weighted by Gasteiger charge is 2.25. The van der Waals surface area contributed by atoms with E-state index in [1.54, 1.807) is 18.1 Å². The van der Waals surface area contributed by atoms with Gasteiger partial charge >= 0.3 is 0 Å². The maximum absolute atomic E-state index is 12.7. The fraction of sp³-hybridized carbons (Fsp3) is 0.600. The summed E-state index contributed by atoms with van der Waals surface area (Å²) in [5, 5.41) is 9.57. The molecule has 0 unspecified atom stereocenters. The van der Waals surface area contributed by atoms with Crippen LogP contribution in [0.4, 0.5) is 5.95 Å². The molecule has 9 nitrogen and oxygen atoms in total. The zero-order valence-corrected chi connectivity index (χ0v) is 18.1. The van der Waals surface area contributed by atoms with E-state index >= 15 is 0 Å². The number of piperidine rings is 1. The molecule has 2 aliphatic heterocycles. The van der Waals surface area contributed by atoms with Crippen molar-refractivity contribution in [2.45, 2.75) is 37.9 Å². The number of amides is 2. The smallest absolute Gasteiger partial charge is 0.233 e. The van der Waals surface area contributed by atoms with Crippen molar-refractivity contribution in [2.24, 2.45) is 0 Å². The molecule has 0 N–H and O–H groups in total. The van der Waals surface area contributed by atoms with Crippen LogP contribution in [0.3, 0.4) is 0 Å². The number of rotatable bonds is 6.